The standard InChI is InChI=1S/C11H11NO2/c13-7-9-5-1-3-8-4-2-6-10(14)12-11(8)9/h1,3,5,7H,2,4,6H2,(H,12,14). The van der Waals surface area contributed by atoms with E-state index in [2.05, 4.69) is 5.32 Å². The molecule has 1 heterocycles. The minimum absolute atomic E-state index is 0.00181. The minimum Gasteiger partial charge on any atom is -0.325 e. The van der Waals surface area contributed by atoms with E-state index in [4.69, 9.17) is 0 Å². The van der Waals surface area contributed by atoms with Crippen molar-refractivity contribution in [1.82, 2.24) is 0 Å². The Morgan fingerprint density at radius 1 is 1.29 bits per heavy atom. The summed E-state index contributed by atoms with van der Waals surface area (Å²) in [5.74, 6) is -0.00181. The van der Waals surface area contributed by atoms with Crippen LogP contribution in [0.3, 0.4) is 0 Å². The molecule has 0 atom stereocenters. The van der Waals surface area contributed by atoms with E-state index in [1.165, 1.54) is 0 Å². The van der Waals surface area contributed by atoms with Gasteiger partial charge >= 0.3 is 0 Å². The lowest BCUT2D eigenvalue weighted by Crippen LogP contribution is -2.10. The van der Waals surface area contributed by atoms with Gasteiger partial charge in [0, 0.05) is 12.0 Å². The SMILES string of the molecule is O=Cc1cccc2c1NC(=O)CCC2. The predicted molar refractivity (Wildman–Crippen MR) is 53.4 cm³/mol. The van der Waals surface area contributed by atoms with Crippen molar-refractivity contribution in [2.75, 3.05) is 5.32 Å². The average Bonchev–Trinajstić information content (AvgIpc) is 2.38. The second kappa shape index (κ2) is 3.62. The molecule has 3 heteroatoms. The Hall–Kier alpha value is -1.64. The van der Waals surface area contributed by atoms with E-state index in [0.29, 0.717) is 17.7 Å². The molecular formula is C11H11NO2. The van der Waals surface area contributed by atoms with Crippen molar-refractivity contribution in [2.45, 2.75) is 19.3 Å². The van der Waals surface area contributed by atoms with Gasteiger partial charge in [-0.15, -0.1) is 0 Å². The fourth-order valence-electron chi connectivity index (χ4n) is 1.72. The third-order valence-corrected chi connectivity index (χ3v) is 2.42. The summed E-state index contributed by atoms with van der Waals surface area (Å²) in [6, 6.07) is 5.52. The number of rotatable bonds is 1. The quantitative estimate of drug-likeness (QED) is 0.684. The summed E-state index contributed by atoms with van der Waals surface area (Å²) in [5.41, 5.74) is 2.32. The average molecular weight is 189 g/mol. The number of para-hydroxylation sites is 1. The highest BCUT2D eigenvalue weighted by molar-refractivity contribution is 5.98. The summed E-state index contributed by atoms with van der Waals surface area (Å²) in [6.07, 6.45) is 3.02. The van der Waals surface area contributed by atoms with Gasteiger partial charge in [0.2, 0.25) is 5.91 Å². The summed E-state index contributed by atoms with van der Waals surface area (Å²) in [5, 5.41) is 2.77. The van der Waals surface area contributed by atoms with Crippen LogP contribution < -0.4 is 5.32 Å². The van der Waals surface area contributed by atoms with Gasteiger partial charge in [-0.05, 0) is 24.5 Å². The van der Waals surface area contributed by atoms with Gasteiger partial charge in [0.25, 0.3) is 0 Å². The largest absolute Gasteiger partial charge is 0.325 e. The number of aryl methyl sites for hydroxylation is 1. The normalized spacial score (nSPS) is 15.3. The van der Waals surface area contributed by atoms with E-state index in [0.717, 1.165) is 24.7 Å². The van der Waals surface area contributed by atoms with Crippen molar-refractivity contribution in [3.63, 3.8) is 0 Å². The molecule has 0 aliphatic carbocycles. The van der Waals surface area contributed by atoms with Gasteiger partial charge in [0.15, 0.2) is 6.29 Å². The van der Waals surface area contributed by atoms with Crippen molar-refractivity contribution in [3.8, 4) is 0 Å². The molecule has 2 rings (SSSR count). The molecule has 0 saturated heterocycles. The topological polar surface area (TPSA) is 46.2 Å². The van der Waals surface area contributed by atoms with Crippen LogP contribution in [0.1, 0.15) is 28.8 Å². The number of hydrogen-bond acceptors (Lipinski definition) is 2. The summed E-state index contributed by atoms with van der Waals surface area (Å²) >= 11 is 0. The van der Waals surface area contributed by atoms with E-state index in [-0.39, 0.29) is 5.91 Å². The highest BCUT2D eigenvalue weighted by Gasteiger charge is 2.14. The van der Waals surface area contributed by atoms with Gasteiger partial charge in [-0.2, -0.15) is 0 Å². The Morgan fingerprint density at radius 3 is 2.93 bits per heavy atom. The lowest BCUT2D eigenvalue weighted by molar-refractivity contribution is -0.116. The molecule has 1 aliphatic heterocycles. The molecule has 0 bridgehead atoms. The van der Waals surface area contributed by atoms with E-state index in [1.54, 1.807) is 6.07 Å². The number of fused-ring (bicyclic) bond motifs is 1. The molecule has 0 aromatic heterocycles. The van der Waals surface area contributed by atoms with E-state index in [1.807, 2.05) is 12.1 Å². The Balaban J connectivity index is 2.50. The van der Waals surface area contributed by atoms with Crippen LogP contribution in [0.15, 0.2) is 18.2 Å². The Bertz CT molecular complexity index is 385. The van der Waals surface area contributed by atoms with Crippen molar-refractivity contribution in [3.05, 3.63) is 29.3 Å². The Morgan fingerprint density at radius 2 is 2.14 bits per heavy atom. The number of hydrogen-bond donors (Lipinski definition) is 1. The summed E-state index contributed by atoms with van der Waals surface area (Å²) in [4.78, 5) is 22.0. The fourth-order valence-corrected chi connectivity index (χ4v) is 1.72. The van der Waals surface area contributed by atoms with Gasteiger partial charge in [0.1, 0.15) is 0 Å². The molecule has 1 aliphatic rings. The number of carbonyl (C=O) groups is 2. The molecule has 14 heavy (non-hydrogen) atoms. The van der Waals surface area contributed by atoms with Gasteiger partial charge in [-0.25, -0.2) is 0 Å². The third kappa shape index (κ3) is 1.53. The summed E-state index contributed by atoms with van der Waals surface area (Å²) in [6.45, 7) is 0. The Kier molecular flexibility index (Phi) is 2.31. The summed E-state index contributed by atoms with van der Waals surface area (Å²) in [7, 11) is 0. The number of nitrogens with one attached hydrogen (secondary N) is 1. The van der Waals surface area contributed by atoms with Crippen LogP contribution in [0.5, 0.6) is 0 Å². The van der Waals surface area contributed by atoms with Crippen LogP contribution in [0, 0.1) is 0 Å². The number of anilines is 1. The second-order valence-corrected chi connectivity index (χ2v) is 3.40. The number of carbonyl (C=O) groups excluding carboxylic acids is 2. The smallest absolute Gasteiger partial charge is 0.224 e. The summed E-state index contributed by atoms with van der Waals surface area (Å²) < 4.78 is 0. The molecule has 72 valence electrons. The van der Waals surface area contributed by atoms with Crippen LogP contribution in [0.2, 0.25) is 0 Å². The molecule has 0 spiro atoms. The van der Waals surface area contributed by atoms with Crippen molar-refractivity contribution >= 4 is 17.9 Å². The van der Waals surface area contributed by atoms with Crippen molar-refractivity contribution < 1.29 is 9.59 Å². The first kappa shape index (κ1) is 8.94. The molecule has 0 unspecified atom stereocenters. The Labute approximate surface area is 82.1 Å². The lowest BCUT2D eigenvalue weighted by Gasteiger charge is -2.08. The van der Waals surface area contributed by atoms with E-state index in [9.17, 15) is 9.59 Å². The van der Waals surface area contributed by atoms with Crippen LogP contribution >= 0.6 is 0 Å². The van der Waals surface area contributed by atoms with E-state index >= 15 is 0 Å². The first-order valence-corrected chi connectivity index (χ1v) is 4.68. The van der Waals surface area contributed by atoms with E-state index < -0.39 is 0 Å². The molecule has 0 fully saturated rings. The highest BCUT2D eigenvalue weighted by Crippen LogP contribution is 2.24. The van der Waals surface area contributed by atoms with Crippen LogP contribution in [-0.4, -0.2) is 12.2 Å². The third-order valence-electron chi connectivity index (χ3n) is 2.42. The fraction of sp³-hybridized carbons (Fsp3) is 0.273. The zero-order valence-electron chi connectivity index (χ0n) is 7.75. The van der Waals surface area contributed by atoms with Crippen LogP contribution in [0.4, 0.5) is 5.69 Å². The van der Waals surface area contributed by atoms with Gasteiger partial charge in [-0.3, -0.25) is 9.59 Å². The van der Waals surface area contributed by atoms with Gasteiger partial charge < -0.3 is 5.32 Å². The van der Waals surface area contributed by atoms with Crippen LogP contribution in [0.25, 0.3) is 0 Å². The van der Waals surface area contributed by atoms with Gasteiger partial charge in [-0.1, -0.05) is 12.1 Å². The van der Waals surface area contributed by atoms with Crippen molar-refractivity contribution in [2.24, 2.45) is 0 Å². The highest BCUT2D eigenvalue weighted by atomic mass is 16.1. The second-order valence-electron chi connectivity index (χ2n) is 3.40. The molecule has 1 amide bonds. The maximum atomic E-state index is 11.3. The first-order chi connectivity index (χ1) is 6.81. The predicted octanol–water partition coefficient (Wildman–Crippen LogP) is 1.77. The molecule has 0 radical (unpaired) electrons. The molecule has 1 N–H and O–H groups in total. The molecule has 1 aromatic rings. The monoisotopic (exact) mass is 189 g/mol. The molecular weight excluding hydrogens is 178 g/mol. The molecule has 0 saturated carbocycles. The first-order valence-electron chi connectivity index (χ1n) is 4.68. The minimum atomic E-state index is -0.00181. The van der Waals surface area contributed by atoms with Crippen molar-refractivity contribution in [1.29, 1.82) is 0 Å². The van der Waals surface area contributed by atoms with Gasteiger partial charge in [0.05, 0.1) is 5.69 Å². The number of aldehydes is 1. The van der Waals surface area contributed by atoms with Crippen LogP contribution in [-0.2, 0) is 11.2 Å². The molecule has 3 nitrogen and oxygen atoms in total. The number of benzene rings is 1. The number of amides is 1. The zero-order chi connectivity index (χ0) is 9.97. The molecule has 1 aromatic carbocycles. The maximum absolute atomic E-state index is 11.3. The lowest BCUT2D eigenvalue weighted by atomic mass is 10.0. The zero-order valence-corrected chi connectivity index (χ0v) is 7.75. The maximum Gasteiger partial charge on any atom is 0.224 e.